The van der Waals surface area contributed by atoms with Crippen LogP contribution in [0.3, 0.4) is 0 Å². The fourth-order valence-corrected chi connectivity index (χ4v) is 3.34. The predicted octanol–water partition coefficient (Wildman–Crippen LogP) is 1.81. The molecule has 0 aromatic carbocycles. The Bertz CT molecular complexity index is 928. The van der Waals surface area contributed by atoms with Crippen LogP contribution in [0.4, 0.5) is 20.4 Å². The third kappa shape index (κ3) is 2.47. The molecule has 3 aromatic rings. The molecule has 0 spiro atoms. The minimum atomic E-state index is -2.94. The first-order chi connectivity index (χ1) is 12.0. The van der Waals surface area contributed by atoms with E-state index in [0.29, 0.717) is 28.0 Å². The number of rotatable bonds is 3. The van der Waals surface area contributed by atoms with E-state index in [0.717, 1.165) is 0 Å². The van der Waals surface area contributed by atoms with Crippen molar-refractivity contribution in [3.63, 3.8) is 0 Å². The summed E-state index contributed by atoms with van der Waals surface area (Å²) in [5.74, 6) is -2.82. The maximum Gasteiger partial charge on any atom is 0.271 e. The van der Waals surface area contributed by atoms with Gasteiger partial charge in [0.1, 0.15) is 11.7 Å². The van der Waals surface area contributed by atoms with Gasteiger partial charge in [0.05, 0.1) is 23.4 Å². The topological polar surface area (TPSA) is 104 Å². The summed E-state index contributed by atoms with van der Waals surface area (Å²) in [4.78, 5) is 16.9. The van der Waals surface area contributed by atoms with Gasteiger partial charge in [-0.2, -0.15) is 0 Å². The molecule has 1 atom stereocenters. The second-order valence-corrected chi connectivity index (χ2v) is 5.96. The van der Waals surface area contributed by atoms with E-state index in [9.17, 15) is 13.9 Å². The number of hydrogen-bond donors (Lipinski definition) is 3. The number of aliphatic hydroxyl groups excluding tert-OH is 1. The first kappa shape index (κ1) is 15.7. The van der Waals surface area contributed by atoms with Crippen LogP contribution in [-0.4, -0.2) is 50.2 Å². The molecule has 4 N–H and O–H groups in total. The fourth-order valence-electron chi connectivity index (χ4n) is 3.34. The number of fused-ring (bicyclic) bond motifs is 1. The van der Waals surface area contributed by atoms with Crippen molar-refractivity contribution < 1.29 is 13.9 Å². The Kier molecular flexibility index (Phi) is 3.53. The Morgan fingerprint density at radius 3 is 2.88 bits per heavy atom. The molecular formula is C16H16F2N6O. The Hall–Kier alpha value is -2.81. The molecule has 1 aliphatic rings. The summed E-state index contributed by atoms with van der Waals surface area (Å²) in [6.45, 7) is -0.481. The van der Waals surface area contributed by atoms with Gasteiger partial charge >= 0.3 is 0 Å². The zero-order valence-corrected chi connectivity index (χ0v) is 13.2. The average molecular weight is 346 g/mol. The third-order valence-electron chi connectivity index (χ3n) is 4.53. The van der Waals surface area contributed by atoms with Crippen molar-refractivity contribution in [2.45, 2.75) is 18.4 Å². The van der Waals surface area contributed by atoms with Crippen LogP contribution in [0.1, 0.15) is 6.42 Å². The van der Waals surface area contributed by atoms with Crippen molar-refractivity contribution in [1.29, 1.82) is 0 Å². The lowest BCUT2D eigenvalue weighted by Crippen LogP contribution is -2.42. The van der Waals surface area contributed by atoms with Crippen molar-refractivity contribution >= 4 is 22.7 Å². The Morgan fingerprint density at radius 1 is 1.32 bits per heavy atom. The number of halogens is 2. The lowest BCUT2D eigenvalue weighted by molar-refractivity contribution is -0.0217. The number of H-pyrrole nitrogens is 1. The molecule has 0 saturated carbocycles. The summed E-state index contributed by atoms with van der Waals surface area (Å²) in [6, 6.07) is 2.10. The Balaban J connectivity index is 1.90. The summed E-state index contributed by atoms with van der Waals surface area (Å²) < 4.78 is 28.2. The van der Waals surface area contributed by atoms with Crippen molar-refractivity contribution in [1.82, 2.24) is 19.9 Å². The molecule has 130 valence electrons. The molecule has 1 saturated heterocycles. The standard InChI is InChI=1S/C16H16F2N6O/c17-16(18)3-6-24(12(16)8-25)11-2-5-20-14-13(11)9(7-22-14)10-1-4-21-15(19)23-10/h1-2,4-5,7,12,25H,3,6,8H2,(H,20,22)(H2,19,21,23). The van der Waals surface area contributed by atoms with Crippen LogP contribution in [0, 0.1) is 0 Å². The van der Waals surface area contributed by atoms with Gasteiger partial charge in [0.25, 0.3) is 5.92 Å². The summed E-state index contributed by atoms with van der Waals surface area (Å²) in [7, 11) is 0. The zero-order valence-electron chi connectivity index (χ0n) is 13.2. The number of nitrogens with zero attached hydrogens (tertiary/aromatic N) is 4. The summed E-state index contributed by atoms with van der Waals surface area (Å²) in [6.07, 6.45) is 4.50. The van der Waals surface area contributed by atoms with Crippen molar-refractivity contribution in [3.8, 4) is 11.3 Å². The molecule has 0 bridgehead atoms. The van der Waals surface area contributed by atoms with E-state index < -0.39 is 18.6 Å². The van der Waals surface area contributed by atoms with Crippen molar-refractivity contribution in [2.24, 2.45) is 0 Å². The predicted molar refractivity (Wildman–Crippen MR) is 89.3 cm³/mol. The van der Waals surface area contributed by atoms with E-state index in [4.69, 9.17) is 5.73 Å². The molecule has 0 amide bonds. The number of alkyl halides is 2. The third-order valence-corrected chi connectivity index (χ3v) is 4.53. The number of nitrogen functional groups attached to an aromatic ring is 1. The van der Waals surface area contributed by atoms with Gasteiger partial charge in [0, 0.05) is 37.1 Å². The molecular weight excluding hydrogens is 330 g/mol. The molecule has 9 heteroatoms. The van der Waals surface area contributed by atoms with Gasteiger partial charge in [0.2, 0.25) is 5.95 Å². The number of aliphatic hydroxyl groups is 1. The van der Waals surface area contributed by atoms with Crippen LogP contribution in [0.2, 0.25) is 0 Å². The SMILES string of the molecule is Nc1nccc(-c2c[nH]c3nccc(N4CCC(F)(F)C4CO)c23)n1. The highest BCUT2D eigenvalue weighted by molar-refractivity contribution is 6.02. The molecule has 3 aromatic heterocycles. The number of anilines is 2. The maximum atomic E-state index is 14.1. The molecule has 1 aliphatic heterocycles. The quantitative estimate of drug-likeness (QED) is 0.668. The van der Waals surface area contributed by atoms with E-state index in [1.165, 1.54) is 11.1 Å². The van der Waals surface area contributed by atoms with Crippen molar-refractivity contribution in [3.05, 3.63) is 30.7 Å². The van der Waals surface area contributed by atoms with Gasteiger partial charge in [-0.1, -0.05) is 0 Å². The average Bonchev–Trinajstić information content (AvgIpc) is 3.15. The van der Waals surface area contributed by atoms with Gasteiger partial charge in [-0.3, -0.25) is 0 Å². The molecule has 1 fully saturated rings. The fraction of sp³-hybridized carbons (Fsp3) is 0.312. The van der Waals surface area contributed by atoms with Crippen LogP contribution < -0.4 is 10.6 Å². The van der Waals surface area contributed by atoms with Crippen LogP contribution in [0.25, 0.3) is 22.3 Å². The number of nitrogens with one attached hydrogen (secondary N) is 1. The van der Waals surface area contributed by atoms with Gasteiger partial charge < -0.3 is 20.7 Å². The van der Waals surface area contributed by atoms with Crippen molar-refractivity contribution in [2.75, 3.05) is 23.8 Å². The largest absolute Gasteiger partial charge is 0.394 e. The summed E-state index contributed by atoms with van der Waals surface area (Å²) >= 11 is 0. The first-order valence-electron chi connectivity index (χ1n) is 7.81. The van der Waals surface area contributed by atoms with Crippen LogP contribution in [0.15, 0.2) is 30.7 Å². The number of nitrogens with two attached hydrogens (primary N) is 1. The Labute approximate surface area is 141 Å². The number of hydrogen-bond acceptors (Lipinski definition) is 6. The monoisotopic (exact) mass is 346 g/mol. The normalized spacial score (nSPS) is 19.6. The second-order valence-electron chi connectivity index (χ2n) is 5.96. The second kappa shape index (κ2) is 5.62. The van der Waals surface area contributed by atoms with Crippen LogP contribution in [-0.2, 0) is 0 Å². The highest BCUT2D eigenvalue weighted by Gasteiger charge is 2.49. The van der Waals surface area contributed by atoms with Gasteiger partial charge in [0.15, 0.2) is 0 Å². The lowest BCUT2D eigenvalue weighted by atomic mass is 10.1. The number of pyridine rings is 1. The van der Waals surface area contributed by atoms with Crippen LogP contribution in [0.5, 0.6) is 0 Å². The highest BCUT2D eigenvalue weighted by atomic mass is 19.3. The zero-order chi connectivity index (χ0) is 17.6. The van der Waals surface area contributed by atoms with Crippen LogP contribution >= 0.6 is 0 Å². The number of aromatic amines is 1. The van der Waals surface area contributed by atoms with E-state index >= 15 is 0 Å². The Morgan fingerprint density at radius 2 is 2.12 bits per heavy atom. The highest BCUT2D eigenvalue weighted by Crippen LogP contribution is 2.41. The maximum absolute atomic E-state index is 14.1. The first-order valence-corrected chi connectivity index (χ1v) is 7.81. The summed E-state index contributed by atoms with van der Waals surface area (Å²) in [5.41, 5.74) is 8.05. The van der Waals surface area contributed by atoms with Gasteiger partial charge in [-0.05, 0) is 12.1 Å². The minimum absolute atomic E-state index is 0.123. The molecule has 4 heterocycles. The van der Waals surface area contributed by atoms with E-state index in [2.05, 4.69) is 19.9 Å². The minimum Gasteiger partial charge on any atom is -0.394 e. The molecule has 25 heavy (non-hydrogen) atoms. The number of aromatic nitrogens is 4. The molecule has 1 unspecified atom stereocenters. The van der Waals surface area contributed by atoms with E-state index in [-0.39, 0.29) is 18.9 Å². The lowest BCUT2D eigenvalue weighted by Gasteiger charge is -2.28. The van der Waals surface area contributed by atoms with E-state index in [1.54, 1.807) is 24.5 Å². The van der Waals surface area contributed by atoms with E-state index in [1.807, 2.05) is 0 Å². The molecule has 0 aliphatic carbocycles. The van der Waals surface area contributed by atoms with Gasteiger partial charge in [-0.15, -0.1) is 0 Å². The van der Waals surface area contributed by atoms with Gasteiger partial charge in [-0.25, -0.2) is 23.7 Å². The molecule has 4 rings (SSSR count). The smallest absolute Gasteiger partial charge is 0.271 e. The summed E-state index contributed by atoms with van der Waals surface area (Å²) in [5, 5.41) is 10.2. The molecule has 0 radical (unpaired) electrons. The molecule has 7 nitrogen and oxygen atoms in total.